The van der Waals surface area contributed by atoms with Crippen LogP contribution in [0.1, 0.15) is 37.2 Å². The van der Waals surface area contributed by atoms with Crippen LogP contribution in [0.4, 0.5) is 13.2 Å². The Morgan fingerprint density at radius 1 is 1.21 bits per heavy atom. The van der Waals surface area contributed by atoms with Crippen LogP contribution in [0.25, 0.3) is 0 Å². The van der Waals surface area contributed by atoms with E-state index in [2.05, 4.69) is 5.32 Å². The summed E-state index contributed by atoms with van der Waals surface area (Å²) in [6.07, 6.45) is -2.16. The highest BCUT2D eigenvalue weighted by molar-refractivity contribution is 6.30. The average molecular weight is 290 g/mol. The molecule has 1 aromatic carbocycles. The van der Waals surface area contributed by atoms with E-state index < -0.39 is 11.7 Å². The van der Waals surface area contributed by atoms with Gasteiger partial charge in [0.1, 0.15) is 5.54 Å². The minimum atomic E-state index is -4.12. The molecule has 1 N–H and O–H groups in total. The maximum Gasteiger partial charge on any atom is 0.406 e. The average Bonchev–Trinajstić information content (AvgIpc) is 3.03. The number of hydrogen-bond donors (Lipinski definition) is 1. The number of halogens is 4. The zero-order chi connectivity index (χ0) is 13.7. The van der Waals surface area contributed by atoms with E-state index in [4.69, 9.17) is 11.6 Å². The highest BCUT2D eigenvalue weighted by atomic mass is 35.5. The predicted molar refractivity (Wildman–Crippen MR) is 68.4 cm³/mol. The van der Waals surface area contributed by atoms with Crippen molar-refractivity contribution in [3.8, 4) is 0 Å². The second kappa shape index (κ2) is 4.38. The molecule has 0 amide bonds. The monoisotopic (exact) mass is 289 g/mol. The molecule has 2 aliphatic carbocycles. The van der Waals surface area contributed by atoms with E-state index in [-0.39, 0.29) is 18.9 Å². The van der Waals surface area contributed by atoms with Crippen molar-refractivity contribution in [3.05, 3.63) is 34.9 Å². The van der Waals surface area contributed by atoms with Crippen molar-refractivity contribution in [2.45, 2.75) is 49.4 Å². The summed E-state index contributed by atoms with van der Waals surface area (Å²) in [5, 5.41) is 3.48. The highest BCUT2D eigenvalue weighted by Gasteiger charge is 2.64. The fraction of sp³-hybridized carbons (Fsp3) is 0.571. The summed E-state index contributed by atoms with van der Waals surface area (Å²) in [7, 11) is 0. The number of nitrogens with one attached hydrogen (secondary N) is 1. The molecule has 0 heterocycles. The lowest BCUT2D eigenvalue weighted by atomic mass is 9.75. The molecular formula is C14H15ClF3N. The third-order valence-electron chi connectivity index (χ3n) is 4.23. The van der Waals surface area contributed by atoms with Crippen molar-refractivity contribution >= 4 is 11.6 Å². The number of rotatable bonds is 3. The smallest absolute Gasteiger partial charge is 0.301 e. The predicted octanol–water partition coefficient (Wildman–Crippen LogP) is 4.27. The van der Waals surface area contributed by atoms with Crippen molar-refractivity contribution in [2.24, 2.45) is 0 Å². The van der Waals surface area contributed by atoms with Gasteiger partial charge in [-0.25, -0.2) is 0 Å². The minimum Gasteiger partial charge on any atom is -0.301 e. The van der Waals surface area contributed by atoms with Gasteiger partial charge in [-0.05, 0) is 49.3 Å². The zero-order valence-electron chi connectivity index (χ0n) is 10.3. The van der Waals surface area contributed by atoms with E-state index in [0.717, 1.165) is 18.4 Å². The van der Waals surface area contributed by atoms with E-state index in [9.17, 15) is 13.2 Å². The molecule has 1 aromatic rings. The minimum absolute atomic E-state index is 0.0203. The van der Waals surface area contributed by atoms with Gasteiger partial charge in [-0.3, -0.25) is 0 Å². The summed E-state index contributed by atoms with van der Waals surface area (Å²) in [4.78, 5) is 0. The van der Waals surface area contributed by atoms with Crippen LogP contribution in [0.5, 0.6) is 0 Å². The van der Waals surface area contributed by atoms with Crippen molar-refractivity contribution in [3.63, 3.8) is 0 Å². The van der Waals surface area contributed by atoms with Crippen LogP contribution in [0, 0.1) is 0 Å². The van der Waals surface area contributed by atoms with Crippen molar-refractivity contribution in [1.82, 2.24) is 5.32 Å². The van der Waals surface area contributed by atoms with Crippen LogP contribution in [0.15, 0.2) is 24.3 Å². The van der Waals surface area contributed by atoms with Crippen LogP contribution in [-0.2, 0) is 0 Å². The molecule has 2 aliphatic rings. The number of alkyl halides is 3. The van der Waals surface area contributed by atoms with E-state index in [1.807, 2.05) is 24.3 Å². The molecule has 2 fully saturated rings. The molecule has 0 atom stereocenters. The molecule has 0 bridgehead atoms. The normalized spacial score (nSPS) is 28.8. The Morgan fingerprint density at radius 3 is 2.42 bits per heavy atom. The Balaban J connectivity index is 1.57. The molecule has 1 nitrogen and oxygen atoms in total. The van der Waals surface area contributed by atoms with Crippen molar-refractivity contribution in [2.75, 3.05) is 0 Å². The van der Waals surface area contributed by atoms with Crippen LogP contribution in [-0.4, -0.2) is 17.8 Å². The molecule has 0 unspecified atom stereocenters. The first kappa shape index (κ1) is 13.3. The molecular weight excluding hydrogens is 275 g/mol. The Hall–Kier alpha value is -0.740. The van der Waals surface area contributed by atoms with Crippen LogP contribution < -0.4 is 5.32 Å². The lowest BCUT2D eigenvalue weighted by molar-refractivity contribution is -0.169. The summed E-state index contributed by atoms with van der Waals surface area (Å²) in [5.74, 6) is 0.334. The molecule has 0 saturated heterocycles. The Morgan fingerprint density at radius 2 is 1.89 bits per heavy atom. The van der Waals surface area contributed by atoms with Crippen LogP contribution in [0.2, 0.25) is 5.02 Å². The third kappa shape index (κ3) is 2.48. The Labute approximate surface area is 115 Å². The summed E-state index contributed by atoms with van der Waals surface area (Å²) in [6, 6.07) is 7.56. The molecule has 104 valence electrons. The first-order valence-corrected chi connectivity index (χ1v) is 6.87. The van der Waals surface area contributed by atoms with E-state index >= 15 is 0 Å². The topological polar surface area (TPSA) is 12.0 Å². The standard InChI is InChI=1S/C14H15ClF3N/c15-11-3-1-2-9(6-11)10-7-12(8-10)19-13(4-5-13)14(16,17)18/h1-3,6,10,12,19H,4-5,7-8H2. The second-order valence-corrected chi connectivity index (χ2v) is 6.08. The van der Waals surface area contributed by atoms with Gasteiger partial charge in [0, 0.05) is 11.1 Å². The summed E-state index contributed by atoms with van der Waals surface area (Å²) < 4.78 is 38.4. The summed E-state index contributed by atoms with van der Waals surface area (Å²) in [5.41, 5.74) is -0.459. The van der Waals surface area contributed by atoms with Gasteiger partial charge in [0.2, 0.25) is 0 Å². The van der Waals surface area contributed by atoms with E-state index in [1.165, 1.54) is 0 Å². The molecule has 19 heavy (non-hydrogen) atoms. The van der Waals surface area contributed by atoms with E-state index in [0.29, 0.717) is 10.9 Å². The lowest BCUT2D eigenvalue weighted by Crippen LogP contribution is -2.53. The Kier molecular flexibility index (Phi) is 3.06. The van der Waals surface area contributed by atoms with Gasteiger partial charge in [0.25, 0.3) is 0 Å². The fourth-order valence-corrected chi connectivity index (χ4v) is 2.99. The molecule has 3 rings (SSSR count). The van der Waals surface area contributed by atoms with Gasteiger partial charge in [-0.2, -0.15) is 13.2 Å². The van der Waals surface area contributed by atoms with E-state index in [1.54, 1.807) is 0 Å². The first-order valence-electron chi connectivity index (χ1n) is 6.49. The zero-order valence-corrected chi connectivity index (χ0v) is 11.1. The third-order valence-corrected chi connectivity index (χ3v) is 4.47. The molecule has 0 spiro atoms. The fourth-order valence-electron chi connectivity index (χ4n) is 2.79. The van der Waals surface area contributed by atoms with Gasteiger partial charge in [0.15, 0.2) is 0 Å². The maximum atomic E-state index is 12.8. The molecule has 0 radical (unpaired) electrons. The van der Waals surface area contributed by atoms with Crippen molar-refractivity contribution in [1.29, 1.82) is 0 Å². The SMILES string of the molecule is FC(F)(F)C1(NC2CC(c3cccc(Cl)c3)C2)CC1. The molecule has 5 heteroatoms. The molecule has 2 saturated carbocycles. The molecule has 0 aliphatic heterocycles. The van der Waals surface area contributed by atoms with Crippen LogP contribution in [0.3, 0.4) is 0 Å². The lowest BCUT2D eigenvalue weighted by Gasteiger charge is -2.39. The number of benzene rings is 1. The maximum absolute atomic E-state index is 12.8. The van der Waals surface area contributed by atoms with Gasteiger partial charge in [-0.1, -0.05) is 23.7 Å². The van der Waals surface area contributed by atoms with Crippen LogP contribution >= 0.6 is 11.6 Å². The molecule has 0 aromatic heterocycles. The van der Waals surface area contributed by atoms with Gasteiger partial charge in [0.05, 0.1) is 0 Å². The quantitative estimate of drug-likeness (QED) is 0.876. The highest BCUT2D eigenvalue weighted by Crippen LogP contribution is 2.51. The Bertz CT molecular complexity index is 476. The summed E-state index contributed by atoms with van der Waals surface area (Å²) >= 11 is 5.92. The van der Waals surface area contributed by atoms with Gasteiger partial charge in [-0.15, -0.1) is 0 Å². The number of hydrogen-bond acceptors (Lipinski definition) is 1. The van der Waals surface area contributed by atoms with Gasteiger partial charge < -0.3 is 5.32 Å². The summed E-state index contributed by atoms with van der Waals surface area (Å²) in [6.45, 7) is 0. The first-order chi connectivity index (χ1) is 8.90. The van der Waals surface area contributed by atoms with Gasteiger partial charge >= 0.3 is 6.18 Å². The largest absolute Gasteiger partial charge is 0.406 e. The second-order valence-electron chi connectivity index (χ2n) is 5.64. The van der Waals surface area contributed by atoms with Crippen molar-refractivity contribution < 1.29 is 13.2 Å².